The maximum Gasteiger partial charge on any atom is 0.253 e. The molecule has 0 saturated heterocycles. The van der Waals surface area contributed by atoms with Crippen molar-refractivity contribution in [2.45, 2.75) is 76.7 Å². The molecule has 0 aliphatic heterocycles. The smallest absolute Gasteiger partial charge is 0.253 e. The molecule has 1 aliphatic carbocycles. The Kier molecular flexibility index (Phi) is 7.03. The molecule has 1 aromatic carbocycles. The molecule has 5 heteroatoms. The third-order valence-corrected chi connectivity index (χ3v) is 7.03. The van der Waals surface area contributed by atoms with Gasteiger partial charge in [0.15, 0.2) is 0 Å². The van der Waals surface area contributed by atoms with Gasteiger partial charge in [-0.1, -0.05) is 40.0 Å². The van der Waals surface area contributed by atoms with E-state index in [1.165, 1.54) is 61.0 Å². The number of carbonyl (C=O) groups excluding carboxylic acids is 1. The van der Waals surface area contributed by atoms with E-state index in [4.69, 9.17) is 5.14 Å². The summed E-state index contributed by atoms with van der Waals surface area (Å²) >= 11 is 1.32. The summed E-state index contributed by atoms with van der Waals surface area (Å²) in [5, 5.41) is 6.00. The van der Waals surface area contributed by atoms with Crippen LogP contribution in [-0.2, 0) is 12.0 Å². The molecule has 1 fully saturated rings. The van der Waals surface area contributed by atoms with E-state index in [-0.39, 0.29) is 11.3 Å². The second-order valence-electron chi connectivity index (χ2n) is 9.96. The monoisotopic (exact) mass is 427 g/mol. The quantitative estimate of drug-likeness (QED) is 0.595. The van der Waals surface area contributed by atoms with E-state index in [1.807, 2.05) is 20.2 Å². The van der Waals surface area contributed by atoms with E-state index in [0.717, 1.165) is 22.6 Å². The van der Waals surface area contributed by atoms with Gasteiger partial charge < -0.3 is 9.47 Å². The van der Waals surface area contributed by atoms with Crippen LogP contribution in [0.4, 0.5) is 0 Å². The number of nitrogens with two attached hydrogens (primary N) is 1. The lowest BCUT2D eigenvalue weighted by atomic mass is 9.84. The van der Waals surface area contributed by atoms with E-state index in [2.05, 4.69) is 50.5 Å². The fourth-order valence-corrected chi connectivity index (χ4v) is 4.89. The van der Waals surface area contributed by atoms with Gasteiger partial charge in [0, 0.05) is 42.5 Å². The number of nitrogens with zero attached hydrogens (tertiary/aromatic N) is 2. The molecule has 1 amide bonds. The van der Waals surface area contributed by atoms with E-state index >= 15 is 0 Å². The fourth-order valence-electron chi connectivity index (χ4n) is 4.43. The first-order valence-electron chi connectivity index (χ1n) is 11.1. The Bertz CT molecular complexity index is 902. The molecule has 1 saturated carbocycles. The predicted octanol–water partition coefficient (Wildman–Crippen LogP) is 6.01. The Morgan fingerprint density at radius 2 is 1.80 bits per heavy atom. The molecule has 2 N–H and O–H groups in total. The van der Waals surface area contributed by atoms with Crippen LogP contribution in [0.3, 0.4) is 0 Å². The second kappa shape index (κ2) is 9.19. The maximum absolute atomic E-state index is 12.8. The van der Waals surface area contributed by atoms with E-state index in [9.17, 15) is 4.79 Å². The summed E-state index contributed by atoms with van der Waals surface area (Å²) in [4.78, 5) is 15.6. The Hall–Kier alpha value is -1.72. The van der Waals surface area contributed by atoms with Crippen molar-refractivity contribution >= 4 is 17.9 Å². The van der Waals surface area contributed by atoms with Gasteiger partial charge in [-0.05, 0) is 78.4 Å². The lowest BCUT2D eigenvalue weighted by molar-refractivity contribution is 0.0827. The molecule has 1 aromatic heterocycles. The topological polar surface area (TPSA) is 51.3 Å². The Morgan fingerprint density at radius 1 is 1.13 bits per heavy atom. The van der Waals surface area contributed by atoms with Crippen LogP contribution in [0.2, 0.25) is 0 Å². The minimum atomic E-state index is -0.0430. The van der Waals surface area contributed by atoms with Crippen LogP contribution in [0, 0.1) is 12.8 Å². The third kappa shape index (κ3) is 4.94. The number of carbonyl (C=O) groups is 1. The Labute approximate surface area is 186 Å². The minimum absolute atomic E-state index is 0.0397. The first kappa shape index (κ1) is 23.0. The molecular weight excluding hydrogens is 390 g/mol. The number of hydrogen-bond donors (Lipinski definition) is 1. The number of aromatic nitrogens is 1. The molecule has 2 aromatic rings. The van der Waals surface area contributed by atoms with Gasteiger partial charge in [0.25, 0.3) is 5.91 Å². The maximum atomic E-state index is 12.8. The van der Waals surface area contributed by atoms with Gasteiger partial charge in [-0.15, -0.1) is 0 Å². The molecule has 0 radical (unpaired) electrons. The minimum Gasteiger partial charge on any atom is -0.345 e. The summed E-state index contributed by atoms with van der Waals surface area (Å²) in [7, 11) is 3.62. The van der Waals surface area contributed by atoms with Gasteiger partial charge in [0.05, 0.1) is 0 Å². The summed E-state index contributed by atoms with van der Waals surface area (Å²) in [5.74, 6) is 0.755. The van der Waals surface area contributed by atoms with Gasteiger partial charge in [-0.3, -0.25) is 9.93 Å². The van der Waals surface area contributed by atoms with Crippen molar-refractivity contribution < 1.29 is 4.79 Å². The summed E-state index contributed by atoms with van der Waals surface area (Å²) in [6.07, 6.45) is 6.63. The zero-order valence-electron chi connectivity index (χ0n) is 19.4. The number of rotatable bonds is 5. The largest absolute Gasteiger partial charge is 0.345 e. The number of amides is 1. The predicted molar refractivity (Wildman–Crippen MR) is 128 cm³/mol. The van der Waals surface area contributed by atoms with Crippen LogP contribution in [0.15, 0.2) is 29.2 Å². The van der Waals surface area contributed by atoms with Gasteiger partial charge >= 0.3 is 0 Å². The van der Waals surface area contributed by atoms with Crippen LogP contribution < -0.4 is 5.14 Å². The summed E-state index contributed by atoms with van der Waals surface area (Å²) < 4.78 is 2.44. The van der Waals surface area contributed by atoms with Gasteiger partial charge in [-0.25, -0.2) is 0 Å². The standard InChI is InChI=1S/C25H37N3OS/c1-17-23(30-26)15-22(28(17)16-18-10-8-7-9-11-18)19-12-20(24(29)27(5)6)14-21(13-19)25(2,3)4/h12-15,18H,7-11,16,26H2,1-6H3. The Balaban J connectivity index is 2.13. The van der Waals surface area contributed by atoms with E-state index in [1.54, 1.807) is 4.90 Å². The highest BCUT2D eigenvalue weighted by atomic mass is 32.2. The van der Waals surface area contributed by atoms with Crippen LogP contribution in [0.1, 0.15) is 74.5 Å². The highest BCUT2D eigenvalue weighted by Gasteiger charge is 2.23. The fraction of sp³-hybridized carbons (Fsp3) is 0.560. The summed E-state index contributed by atoms with van der Waals surface area (Å²) in [6.45, 7) is 9.79. The molecule has 1 heterocycles. The van der Waals surface area contributed by atoms with Crippen LogP contribution in [0.5, 0.6) is 0 Å². The van der Waals surface area contributed by atoms with Crippen LogP contribution in [-0.4, -0.2) is 29.5 Å². The molecule has 3 rings (SSSR count). The average molecular weight is 428 g/mol. The molecule has 1 aliphatic rings. The van der Waals surface area contributed by atoms with E-state index < -0.39 is 0 Å². The normalized spacial score (nSPS) is 15.4. The molecule has 0 unspecified atom stereocenters. The van der Waals surface area contributed by atoms with Gasteiger partial charge in [0.1, 0.15) is 0 Å². The van der Waals surface area contributed by atoms with Crippen LogP contribution >= 0.6 is 11.9 Å². The van der Waals surface area contributed by atoms with E-state index in [0.29, 0.717) is 5.92 Å². The molecular formula is C25H37N3OS. The first-order valence-corrected chi connectivity index (χ1v) is 11.9. The molecule has 30 heavy (non-hydrogen) atoms. The third-order valence-electron chi connectivity index (χ3n) is 6.36. The van der Waals surface area contributed by atoms with Gasteiger partial charge in [0.2, 0.25) is 0 Å². The second-order valence-corrected chi connectivity index (χ2v) is 10.6. The SMILES string of the molecule is Cc1c(SN)cc(-c2cc(C(=O)N(C)C)cc(C(C)(C)C)c2)n1CC1CCCCC1. The highest BCUT2D eigenvalue weighted by Crippen LogP contribution is 2.36. The molecule has 0 spiro atoms. The zero-order chi connectivity index (χ0) is 22.1. The van der Waals surface area contributed by atoms with Crippen molar-refractivity contribution in [3.05, 3.63) is 41.1 Å². The van der Waals surface area contributed by atoms with Crippen molar-refractivity contribution in [1.29, 1.82) is 0 Å². The van der Waals surface area contributed by atoms with Crippen molar-refractivity contribution in [3.63, 3.8) is 0 Å². The Morgan fingerprint density at radius 3 is 2.37 bits per heavy atom. The molecule has 164 valence electrons. The summed E-state index contributed by atoms with van der Waals surface area (Å²) in [5.41, 5.74) is 5.38. The zero-order valence-corrected chi connectivity index (χ0v) is 20.2. The van der Waals surface area contributed by atoms with Crippen molar-refractivity contribution in [2.75, 3.05) is 14.1 Å². The van der Waals surface area contributed by atoms with Crippen molar-refractivity contribution in [3.8, 4) is 11.3 Å². The van der Waals surface area contributed by atoms with Crippen molar-refractivity contribution in [2.24, 2.45) is 11.1 Å². The molecule has 0 atom stereocenters. The highest BCUT2D eigenvalue weighted by molar-refractivity contribution is 7.97. The lowest BCUT2D eigenvalue weighted by Gasteiger charge is -2.25. The van der Waals surface area contributed by atoms with Crippen molar-refractivity contribution in [1.82, 2.24) is 9.47 Å². The van der Waals surface area contributed by atoms with Gasteiger partial charge in [-0.2, -0.15) is 0 Å². The number of benzene rings is 1. The average Bonchev–Trinajstić information content (AvgIpc) is 3.02. The van der Waals surface area contributed by atoms with Crippen LogP contribution in [0.25, 0.3) is 11.3 Å². The number of hydrogen-bond acceptors (Lipinski definition) is 3. The molecule has 4 nitrogen and oxygen atoms in total. The lowest BCUT2D eigenvalue weighted by Crippen LogP contribution is -2.23. The summed E-state index contributed by atoms with van der Waals surface area (Å²) in [6, 6.07) is 8.55. The molecule has 0 bridgehead atoms. The first-order chi connectivity index (χ1) is 14.1.